The number of rotatable bonds is 4. The van der Waals surface area contributed by atoms with Gasteiger partial charge in [0.15, 0.2) is 0 Å². The summed E-state index contributed by atoms with van der Waals surface area (Å²) in [5.74, 6) is 0. The Hall–Kier alpha value is -1.96. The molecule has 0 amide bonds. The number of hydrogen-bond donors (Lipinski definition) is 1. The molecule has 0 saturated heterocycles. The summed E-state index contributed by atoms with van der Waals surface area (Å²) in [5, 5.41) is 26.0. The van der Waals surface area contributed by atoms with Crippen LogP contribution in [0.4, 0.5) is 0 Å². The van der Waals surface area contributed by atoms with Crippen LogP contribution in [-0.4, -0.2) is 20.0 Å². The van der Waals surface area contributed by atoms with E-state index in [1.54, 1.807) is 17.7 Å². The van der Waals surface area contributed by atoms with Crippen LogP contribution in [0.25, 0.3) is 15.3 Å². The lowest BCUT2D eigenvalue weighted by Crippen LogP contribution is -1.98. The number of fused-ring (bicyclic) bond motifs is 1. The summed E-state index contributed by atoms with van der Waals surface area (Å²) in [6, 6.07) is 7.67. The van der Waals surface area contributed by atoms with E-state index in [2.05, 4.69) is 25.5 Å². The maximum Gasteiger partial charge on any atom is 0.211 e. The Kier molecular flexibility index (Phi) is 4.10. The molecule has 22 heavy (non-hydrogen) atoms. The van der Waals surface area contributed by atoms with Crippen LogP contribution in [0.15, 0.2) is 23.1 Å². The van der Waals surface area contributed by atoms with Gasteiger partial charge in [-0.1, -0.05) is 16.4 Å². The lowest BCUT2D eigenvalue weighted by Gasteiger charge is -1.96. The van der Waals surface area contributed by atoms with Gasteiger partial charge in [0.2, 0.25) is 5.13 Å². The fraction of sp³-hybridized carbons (Fsp3) is 0.154. The maximum absolute atomic E-state index is 9.15. The van der Waals surface area contributed by atoms with Gasteiger partial charge in [-0.15, -0.1) is 4.33 Å². The van der Waals surface area contributed by atoms with Crippen LogP contribution in [0.2, 0.25) is 0 Å². The highest BCUT2D eigenvalue weighted by atomic mass is 32.2. The van der Waals surface area contributed by atoms with Crippen LogP contribution in [-0.2, 0) is 9.37 Å². The molecule has 3 aromatic rings. The van der Waals surface area contributed by atoms with Crippen molar-refractivity contribution < 1.29 is 14.6 Å². The van der Waals surface area contributed by atoms with Gasteiger partial charge in [-0.05, 0) is 32.0 Å². The van der Waals surface area contributed by atoms with E-state index in [0.717, 1.165) is 32.8 Å². The Labute approximate surface area is 133 Å². The molecule has 2 heterocycles. The molecule has 112 valence electrons. The minimum Gasteiger partial charge on any atom is -0.220 e. The number of thiazole rings is 1. The van der Waals surface area contributed by atoms with E-state index in [4.69, 9.17) is 10.5 Å². The lowest BCUT2D eigenvalue weighted by molar-refractivity contribution is -0.432. The van der Waals surface area contributed by atoms with Gasteiger partial charge in [-0.25, -0.2) is 14.9 Å². The Bertz CT molecular complexity index is 881. The Morgan fingerprint density at radius 1 is 1.41 bits per heavy atom. The average molecular weight is 334 g/mol. The molecule has 0 bridgehead atoms. The van der Waals surface area contributed by atoms with Crippen LogP contribution < -0.4 is 0 Å². The number of benzene rings is 1. The second-order valence-electron chi connectivity index (χ2n) is 4.42. The highest BCUT2D eigenvalue weighted by Gasteiger charge is 2.15. The van der Waals surface area contributed by atoms with Crippen molar-refractivity contribution >= 4 is 33.6 Å². The standard InChI is InChI=1S/C13H10N4O3S2/c1-7-10(6-14)8(2)17(16-7)13-15-11-4-3-9(22-20-19-18)5-12(11)21-13/h3-5,18H,1-2H3. The van der Waals surface area contributed by atoms with Crippen LogP contribution >= 0.6 is 23.4 Å². The summed E-state index contributed by atoms with van der Waals surface area (Å²) < 4.78 is 7.03. The Morgan fingerprint density at radius 3 is 2.91 bits per heavy atom. The van der Waals surface area contributed by atoms with Crippen molar-refractivity contribution in [1.29, 1.82) is 5.26 Å². The molecule has 0 saturated carbocycles. The fourth-order valence-corrected chi connectivity index (χ4v) is 3.56. The zero-order valence-electron chi connectivity index (χ0n) is 11.6. The number of nitrogens with zero attached hydrogens (tertiary/aromatic N) is 4. The molecule has 0 unspecified atom stereocenters. The highest BCUT2D eigenvalue weighted by Crippen LogP contribution is 2.30. The van der Waals surface area contributed by atoms with E-state index in [9.17, 15) is 0 Å². The fourth-order valence-electron chi connectivity index (χ4n) is 2.08. The Morgan fingerprint density at radius 2 is 2.23 bits per heavy atom. The highest BCUT2D eigenvalue weighted by molar-refractivity contribution is 7.94. The van der Waals surface area contributed by atoms with Crippen LogP contribution in [0, 0.1) is 25.2 Å². The zero-order chi connectivity index (χ0) is 15.7. The Balaban J connectivity index is 2.04. The third-order valence-corrected chi connectivity index (χ3v) is 4.66. The maximum atomic E-state index is 9.15. The molecule has 7 nitrogen and oxygen atoms in total. The van der Waals surface area contributed by atoms with Gasteiger partial charge in [0.05, 0.1) is 39.2 Å². The minimum absolute atomic E-state index is 0.573. The van der Waals surface area contributed by atoms with Gasteiger partial charge in [-0.3, -0.25) is 0 Å². The van der Waals surface area contributed by atoms with E-state index in [1.165, 1.54) is 11.3 Å². The molecule has 0 aliphatic heterocycles. The molecule has 0 fully saturated rings. The third kappa shape index (κ3) is 2.58. The topological polar surface area (TPSA) is 93.2 Å². The summed E-state index contributed by atoms with van der Waals surface area (Å²) in [6.07, 6.45) is 0. The van der Waals surface area contributed by atoms with Crippen molar-refractivity contribution in [3.63, 3.8) is 0 Å². The predicted molar refractivity (Wildman–Crippen MR) is 81.6 cm³/mol. The molecular weight excluding hydrogens is 324 g/mol. The van der Waals surface area contributed by atoms with E-state index in [1.807, 2.05) is 19.1 Å². The van der Waals surface area contributed by atoms with E-state index in [-0.39, 0.29) is 0 Å². The first-order valence-corrected chi connectivity index (χ1v) is 7.72. The first-order valence-electron chi connectivity index (χ1n) is 6.16. The predicted octanol–water partition coefficient (Wildman–Crippen LogP) is 3.40. The lowest BCUT2D eigenvalue weighted by atomic mass is 10.2. The number of hydrogen-bond acceptors (Lipinski definition) is 8. The molecule has 1 N–H and O–H groups in total. The third-order valence-electron chi connectivity index (χ3n) is 3.09. The summed E-state index contributed by atoms with van der Waals surface area (Å²) in [5.41, 5.74) is 2.85. The molecule has 9 heteroatoms. The first kappa shape index (κ1) is 15.0. The molecule has 0 aliphatic carbocycles. The first-order chi connectivity index (χ1) is 10.6. The van der Waals surface area contributed by atoms with Crippen molar-refractivity contribution in [3.05, 3.63) is 35.2 Å². The number of nitriles is 1. The van der Waals surface area contributed by atoms with Crippen molar-refractivity contribution in [2.75, 3.05) is 0 Å². The van der Waals surface area contributed by atoms with Crippen LogP contribution in [0.5, 0.6) is 0 Å². The van der Waals surface area contributed by atoms with Crippen LogP contribution in [0.3, 0.4) is 0 Å². The van der Waals surface area contributed by atoms with Gasteiger partial charge in [0.25, 0.3) is 0 Å². The second-order valence-corrected chi connectivity index (χ2v) is 6.20. The van der Waals surface area contributed by atoms with Crippen molar-refractivity contribution in [1.82, 2.24) is 14.8 Å². The molecule has 0 aliphatic rings. The number of aryl methyl sites for hydroxylation is 1. The van der Waals surface area contributed by atoms with Gasteiger partial charge >= 0.3 is 0 Å². The minimum atomic E-state index is 0.573. The summed E-state index contributed by atoms with van der Waals surface area (Å²) >= 11 is 2.35. The molecule has 0 atom stereocenters. The number of aromatic nitrogens is 3. The van der Waals surface area contributed by atoms with E-state index >= 15 is 0 Å². The van der Waals surface area contributed by atoms with E-state index in [0.29, 0.717) is 16.4 Å². The van der Waals surface area contributed by atoms with Gasteiger partial charge in [0.1, 0.15) is 6.07 Å². The molecule has 2 aromatic heterocycles. The molecule has 0 spiro atoms. The SMILES string of the molecule is Cc1nn(-c2nc3ccc(SOOO)cc3s2)c(C)c1C#N. The molecule has 3 rings (SSSR count). The summed E-state index contributed by atoms with van der Waals surface area (Å²) in [7, 11) is 0. The van der Waals surface area contributed by atoms with Gasteiger partial charge in [0, 0.05) is 4.90 Å². The zero-order valence-corrected chi connectivity index (χ0v) is 13.2. The quantitative estimate of drug-likeness (QED) is 0.444. The normalized spacial score (nSPS) is 11.0. The molecular formula is C13H10N4O3S2. The summed E-state index contributed by atoms with van der Waals surface area (Å²) in [4.78, 5) is 5.30. The van der Waals surface area contributed by atoms with Gasteiger partial charge in [-0.2, -0.15) is 10.4 Å². The average Bonchev–Trinajstić information content (AvgIpc) is 3.05. The second kappa shape index (κ2) is 6.04. The monoisotopic (exact) mass is 334 g/mol. The van der Waals surface area contributed by atoms with Crippen molar-refractivity contribution in [2.45, 2.75) is 18.7 Å². The van der Waals surface area contributed by atoms with Crippen molar-refractivity contribution in [2.24, 2.45) is 0 Å². The smallest absolute Gasteiger partial charge is 0.211 e. The van der Waals surface area contributed by atoms with Crippen LogP contribution in [0.1, 0.15) is 17.0 Å². The van der Waals surface area contributed by atoms with E-state index < -0.39 is 0 Å². The largest absolute Gasteiger partial charge is 0.220 e. The summed E-state index contributed by atoms with van der Waals surface area (Å²) in [6.45, 7) is 3.65. The van der Waals surface area contributed by atoms with Gasteiger partial charge < -0.3 is 0 Å². The molecule has 1 aromatic carbocycles. The molecule has 0 radical (unpaired) electrons. The van der Waals surface area contributed by atoms with Crippen molar-refractivity contribution in [3.8, 4) is 11.2 Å².